The highest BCUT2D eigenvalue weighted by Gasteiger charge is 2.65. The van der Waals surface area contributed by atoms with E-state index in [1.54, 1.807) is 6.92 Å². The molecule has 12 atom stereocenters. The summed E-state index contributed by atoms with van der Waals surface area (Å²) < 4.78 is 0. The molecule has 0 heterocycles. The van der Waals surface area contributed by atoms with Crippen molar-refractivity contribution in [3.05, 3.63) is 0 Å². The van der Waals surface area contributed by atoms with Gasteiger partial charge in [-0.2, -0.15) is 0 Å². The average molecular weight is 739 g/mol. The molecule has 4 N–H and O–H groups in total. The molecule has 8 heteroatoms. The third-order valence-corrected chi connectivity index (χ3v) is 18.0. The smallest absolute Gasteiger partial charge is 0.307 e. The van der Waals surface area contributed by atoms with Gasteiger partial charge in [-0.05, 0) is 187 Å². The molecule has 12 unspecified atom stereocenters. The molecule has 8 nitrogen and oxygen atoms in total. The van der Waals surface area contributed by atoms with E-state index in [2.05, 4.69) is 36.4 Å². The number of aliphatic carboxylic acids is 1. The molecule has 0 aromatic heterocycles. The molecule has 300 valence electrons. The number of carboxylic acids is 1. The Labute approximate surface area is 320 Å². The van der Waals surface area contributed by atoms with Crippen LogP contribution in [0.15, 0.2) is 0 Å². The first-order valence-electron chi connectivity index (χ1n) is 22.5. The zero-order chi connectivity index (χ0) is 37.4. The Morgan fingerprint density at radius 3 is 1.66 bits per heavy atom. The quantitative estimate of drug-likeness (QED) is 0.131. The van der Waals surface area contributed by atoms with Gasteiger partial charge in [-0.25, -0.2) is 4.89 Å². The first kappa shape index (κ1) is 39.7. The Kier molecular flexibility index (Phi) is 12.7. The van der Waals surface area contributed by atoms with Gasteiger partial charge >= 0.3 is 5.97 Å². The van der Waals surface area contributed by atoms with E-state index in [-0.39, 0.29) is 59.8 Å². The predicted octanol–water partition coefficient (Wildman–Crippen LogP) is 8.77. The van der Waals surface area contributed by atoms with E-state index in [1.165, 1.54) is 89.9 Å². The van der Waals surface area contributed by atoms with Crippen molar-refractivity contribution in [2.45, 2.75) is 161 Å². The van der Waals surface area contributed by atoms with Gasteiger partial charge in [0.2, 0.25) is 5.91 Å². The minimum absolute atomic E-state index is 0.0355. The molecule has 7 saturated carbocycles. The molecule has 53 heavy (non-hydrogen) atoms. The Bertz CT molecular complexity index is 1250. The van der Waals surface area contributed by atoms with Gasteiger partial charge in [-0.1, -0.05) is 39.5 Å². The van der Waals surface area contributed by atoms with Gasteiger partial charge < -0.3 is 15.7 Å². The van der Waals surface area contributed by atoms with Crippen molar-refractivity contribution in [1.29, 1.82) is 0 Å². The number of hydrogen-bond donors (Lipinski definition) is 4. The van der Waals surface area contributed by atoms with Gasteiger partial charge in [-0.15, -0.1) is 0 Å². The van der Waals surface area contributed by atoms with Crippen LogP contribution in [0.2, 0.25) is 0 Å². The second kappa shape index (κ2) is 16.9. The van der Waals surface area contributed by atoms with E-state index < -0.39 is 17.8 Å². The fourth-order valence-electron chi connectivity index (χ4n) is 15.8. The second-order valence-electron chi connectivity index (χ2n) is 20.1. The minimum Gasteiger partial charge on any atom is -0.481 e. The van der Waals surface area contributed by atoms with E-state index in [1.807, 2.05) is 0 Å². The van der Waals surface area contributed by atoms with Crippen LogP contribution in [0.25, 0.3) is 0 Å². The lowest BCUT2D eigenvalue weighted by atomic mass is 9.48. The zero-order valence-corrected chi connectivity index (χ0v) is 33.6. The van der Waals surface area contributed by atoms with Crippen molar-refractivity contribution in [3.8, 4) is 0 Å². The first-order chi connectivity index (χ1) is 25.6. The number of carbonyl (C=O) groups excluding carboxylic acids is 2. The Balaban J connectivity index is 1.03. The van der Waals surface area contributed by atoms with Crippen LogP contribution in [0.3, 0.4) is 0 Å². The molecule has 0 aromatic carbocycles. The maximum absolute atomic E-state index is 14.2. The molecular formula is C45H74N2O6. The lowest BCUT2D eigenvalue weighted by molar-refractivity contribution is -0.257. The van der Waals surface area contributed by atoms with E-state index in [0.717, 1.165) is 61.2 Å². The third-order valence-electron chi connectivity index (χ3n) is 18.0. The van der Waals surface area contributed by atoms with Crippen molar-refractivity contribution >= 4 is 17.7 Å². The standard InChI is InChI=1S/C45H74N2O6/c1-26-21-38(28(3)48)29(25-53-52)23-36(26)37-24-40(44(50)51)39(22-27(37)2)43(49)47-33-19-15-31(16-20-33)45(30-13-17-32(46-4)18-14-30)41-11-7-5-9-34(41)35-10-6-8-12-42(35)45/h26-27,29-42,46,52H,5-25H2,1-4H3,(H,47,49)(H,50,51). The molecule has 1 amide bonds. The second-order valence-corrected chi connectivity index (χ2v) is 20.1. The molecule has 0 spiro atoms. The number of hydrogen-bond acceptors (Lipinski definition) is 6. The highest BCUT2D eigenvalue weighted by atomic mass is 17.1. The fraction of sp³-hybridized carbons (Fsp3) is 0.933. The van der Waals surface area contributed by atoms with Crippen LogP contribution in [-0.2, 0) is 19.3 Å². The van der Waals surface area contributed by atoms with Gasteiger partial charge in [-0.3, -0.25) is 19.6 Å². The van der Waals surface area contributed by atoms with Crippen molar-refractivity contribution in [3.63, 3.8) is 0 Å². The van der Waals surface area contributed by atoms with Crippen LogP contribution in [0.5, 0.6) is 0 Å². The van der Waals surface area contributed by atoms with Crippen molar-refractivity contribution in [2.24, 2.45) is 88.3 Å². The van der Waals surface area contributed by atoms with Crippen LogP contribution in [0.1, 0.15) is 149 Å². The summed E-state index contributed by atoms with van der Waals surface area (Å²) in [6.45, 7) is 6.16. The van der Waals surface area contributed by atoms with E-state index in [0.29, 0.717) is 24.3 Å². The van der Waals surface area contributed by atoms with Crippen molar-refractivity contribution in [2.75, 3.05) is 13.7 Å². The summed E-state index contributed by atoms with van der Waals surface area (Å²) in [4.78, 5) is 44.0. The summed E-state index contributed by atoms with van der Waals surface area (Å²) in [5, 5.41) is 26.9. The van der Waals surface area contributed by atoms with E-state index >= 15 is 0 Å². The first-order valence-corrected chi connectivity index (χ1v) is 22.5. The fourth-order valence-corrected chi connectivity index (χ4v) is 15.8. The Morgan fingerprint density at radius 2 is 1.15 bits per heavy atom. The van der Waals surface area contributed by atoms with Crippen LogP contribution in [-0.4, -0.2) is 53.8 Å². The molecule has 7 aliphatic carbocycles. The summed E-state index contributed by atoms with van der Waals surface area (Å²) in [6.07, 6.45) is 24.0. The number of amides is 1. The maximum Gasteiger partial charge on any atom is 0.307 e. The monoisotopic (exact) mass is 739 g/mol. The van der Waals surface area contributed by atoms with E-state index in [4.69, 9.17) is 0 Å². The third kappa shape index (κ3) is 7.54. The molecule has 7 rings (SSSR count). The minimum atomic E-state index is -0.855. The van der Waals surface area contributed by atoms with Crippen molar-refractivity contribution < 1.29 is 29.6 Å². The number of nitrogens with one attached hydrogen (secondary N) is 2. The number of carboxylic acid groups (broad SMARTS) is 1. The number of fused-ring (bicyclic) bond motifs is 3. The summed E-state index contributed by atoms with van der Waals surface area (Å²) in [6, 6.07) is 0.820. The van der Waals surface area contributed by atoms with Gasteiger partial charge in [0.1, 0.15) is 5.78 Å². The summed E-state index contributed by atoms with van der Waals surface area (Å²) in [7, 11) is 2.15. The lowest BCUT2D eigenvalue weighted by Gasteiger charge is -2.57. The molecular weight excluding hydrogens is 665 g/mol. The lowest BCUT2D eigenvalue weighted by Crippen LogP contribution is -2.53. The molecule has 0 radical (unpaired) electrons. The summed E-state index contributed by atoms with van der Waals surface area (Å²) in [5.41, 5.74) is 0.481. The van der Waals surface area contributed by atoms with Crippen LogP contribution in [0.4, 0.5) is 0 Å². The van der Waals surface area contributed by atoms with Gasteiger partial charge in [0.15, 0.2) is 0 Å². The average Bonchev–Trinajstić information content (AvgIpc) is 3.46. The maximum atomic E-state index is 14.2. The summed E-state index contributed by atoms with van der Waals surface area (Å²) >= 11 is 0. The number of ketones is 1. The molecule has 0 bridgehead atoms. The largest absolute Gasteiger partial charge is 0.481 e. The normalized spacial score (nSPS) is 47.6. The Hall–Kier alpha value is -1.51. The predicted molar refractivity (Wildman–Crippen MR) is 207 cm³/mol. The van der Waals surface area contributed by atoms with Crippen LogP contribution < -0.4 is 10.6 Å². The Morgan fingerprint density at radius 1 is 0.642 bits per heavy atom. The van der Waals surface area contributed by atoms with Crippen LogP contribution >= 0.6 is 0 Å². The molecule has 0 aromatic rings. The summed E-state index contributed by atoms with van der Waals surface area (Å²) in [5.74, 6) is 4.02. The molecule has 0 aliphatic heterocycles. The molecule has 7 fully saturated rings. The SMILES string of the molecule is CNC1CCC(C2(C3CCC(NC(=O)C4CC(C)C(C5CC(COO)C(C(C)=O)CC5C)CC4C(=O)O)CC3)C3CCCCC3C3CCCCC32)CC1. The van der Waals surface area contributed by atoms with Crippen LogP contribution in [0, 0.1) is 88.3 Å². The number of carbonyl (C=O) groups is 3. The number of Topliss-reactive ketones (excluding diaryl/α,β-unsaturated/α-hetero) is 1. The van der Waals surface area contributed by atoms with Gasteiger partial charge in [0, 0.05) is 18.0 Å². The van der Waals surface area contributed by atoms with E-state index in [9.17, 15) is 24.7 Å². The molecule has 7 aliphatic rings. The van der Waals surface area contributed by atoms with Crippen molar-refractivity contribution in [1.82, 2.24) is 10.6 Å². The van der Waals surface area contributed by atoms with Gasteiger partial charge in [0.25, 0.3) is 0 Å². The topological polar surface area (TPSA) is 125 Å². The molecule has 0 saturated heterocycles. The number of rotatable bonds is 10. The highest BCUT2D eigenvalue weighted by Crippen LogP contribution is 2.71. The van der Waals surface area contributed by atoms with Gasteiger partial charge in [0.05, 0.1) is 18.4 Å². The zero-order valence-electron chi connectivity index (χ0n) is 33.6. The highest BCUT2D eigenvalue weighted by molar-refractivity contribution is 5.85.